The van der Waals surface area contributed by atoms with E-state index in [9.17, 15) is 13.2 Å². The number of nitrogens with zero attached hydrogens (tertiary/aromatic N) is 2. The van der Waals surface area contributed by atoms with Gasteiger partial charge in [-0.2, -0.15) is 0 Å². The zero-order valence-corrected chi connectivity index (χ0v) is 12.6. The molecule has 1 aromatic rings. The molecule has 1 N–H and O–H groups in total. The summed E-state index contributed by atoms with van der Waals surface area (Å²) in [6, 6.07) is 1.77. The van der Waals surface area contributed by atoms with Crippen LogP contribution < -0.4 is 0 Å². The summed E-state index contributed by atoms with van der Waals surface area (Å²) < 4.78 is 26.2. The molecular weight excluding hydrogens is 290 g/mol. The predicted octanol–water partition coefficient (Wildman–Crippen LogP) is 0.655. The molecule has 0 bridgehead atoms. The molecule has 7 heteroatoms. The van der Waals surface area contributed by atoms with Crippen LogP contribution in [-0.4, -0.2) is 59.9 Å². The summed E-state index contributed by atoms with van der Waals surface area (Å²) in [5.74, 6) is 0.0328. The fraction of sp³-hybridized carbons (Fsp3) is 0.643. The van der Waals surface area contributed by atoms with Gasteiger partial charge in [-0.1, -0.05) is 0 Å². The van der Waals surface area contributed by atoms with E-state index < -0.39 is 10.0 Å². The number of likely N-dealkylation sites (tertiary alicyclic amines) is 1. The van der Waals surface area contributed by atoms with E-state index in [4.69, 9.17) is 0 Å². The van der Waals surface area contributed by atoms with Crippen LogP contribution in [0.4, 0.5) is 0 Å². The largest absolute Gasteiger partial charge is 0.367 e. The van der Waals surface area contributed by atoms with Crippen molar-refractivity contribution in [2.24, 2.45) is 5.41 Å². The lowest BCUT2D eigenvalue weighted by Crippen LogP contribution is -2.59. The molecular formula is C14H19N3O3S. The van der Waals surface area contributed by atoms with Crippen molar-refractivity contribution in [3.05, 3.63) is 24.0 Å². The van der Waals surface area contributed by atoms with Crippen LogP contribution >= 0.6 is 0 Å². The van der Waals surface area contributed by atoms with Crippen LogP contribution in [-0.2, 0) is 10.0 Å². The average Bonchev–Trinajstić information content (AvgIpc) is 2.98. The van der Waals surface area contributed by atoms with Crippen molar-refractivity contribution in [3.63, 3.8) is 0 Å². The number of carbonyl (C=O) groups excluding carboxylic acids is 1. The van der Waals surface area contributed by atoms with Gasteiger partial charge in [0.1, 0.15) is 0 Å². The zero-order chi connectivity index (χ0) is 14.7. The van der Waals surface area contributed by atoms with Gasteiger partial charge in [-0.05, 0) is 25.3 Å². The first-order valence-electron chi connectivity index (χ1n) is 7.41. The number of rotatable bonds is 3. The normalized spacial score (nSPS) is 25.2. The maximum Gasteiger partial charge on any atom is 0.255 e. The number of hydrogen-bond acceptors (Lipinski definition) is 3. The van der Waals surface area contributed by atoms with E-state index in [-0.39, 0.29) is 16.6 Å². The Morgan fingerprint density at radius 1 is 1.29 bits per heavy atom. The highest BCUT2D eigenvalue weighted by Gasteiger charge is 2.53. The number of aromatic amines is 1. The third-order valence-corrected chi connectivity index (χ3v) is 7.24. The minimum atomic E-state index is -3.07. The van der Waals surface area contributed by atoms with Crippen molar-refractivity contribution >= 4 is 15.9 Å². The van der Waals surface area contributed by atoms with Crippen LogP contribution in [0.5, 0.6) is 0 Å². The average molecular weight is 309 g/mol. The molecule has 2 aliphatic heterocycles. The molecule has 0 atom stereocenters. The fourth-order valence-electron chi connectivity index (χ4n) is 3.49. The molecule has 0 aromatic carbocycles. The molecule has 4 rings (SSSR count). The number of sulfonamides is 1. The van der Waals surface area contributed by atoms with E-state index in [1.54, 1.807) is 22.8 Å². The molecule has 3 aliphatic rings. The Balaban J connectivity index is 1.40. The molecule has 6 nitrogen and oxygen atoms in total. The molecule has 1 saturated carbocycles. The highest BCUT2D eigenvalue weighted by molar-refractivity contribution is 7.90. The molecule has 1 spiro atoms. The van der Waals surface area contributed by atoms with E-state index in [1.165, 1.54) is 0 Å². The van der Waals surface area contributed by atoms with E-state index in [2.05, 4.69) is 4.98 Å². The van der Waals surface area contributed by atoms with Gasteiger partial charge in [-0.15, -0.1) is 0 Å². The maximum atomic E-state index is 12.3. The summed E-state index contributed by atoms with van der Waals surface area (Å²) >= 11 is 0. The highest BCUT2D eigenvalue weighted by atomic mass is 32.2. The van der Waals surface area contributed by atoms with Gasteiger partial charge in [0.15, 0.2) is 0 Å². The molecule has 1 aromatic heterocycles. The summed E-state index contributed by atoms with van der Waals surface area (Å²) in [4.78, 5) is 16.9. The summed E-state index contributed by atoms with van der Waals surface area (Å²) in [5.41, 5.74) is 0.666. The van der Waals surface area contributed by atoms with Crippen molar-refractivity contribution in [2.45, 2.75) is 24.5 Å². The fourth-order valence-corrected chi connectivity index (χ4v) is 5.45. The summed E-state index contributed by atoms with van der Waals surface area (Å²) in [6.45, 7) is 2.55. The Hall–Kier alpha value is -1.34. The van der Waals surface area contributed by atoms with Gasteiger partial charge in [0.05, 0.1) is 10.8 Å². The smallest absolute Gasteiger partial charge is 0.255 e. The van der Waals surface area contributed by atoms with Crippen molar-refractivity contribution in [3.8, 4) is 0 Å². The minimum Gasteiger partial charge on any atom is -0.367 e. The number of H-pyrrole nitrogens is 1. The Morgan fingerprint density at radius 3 is 2.67 bits per heavy atom. The number of carbonyl (C=O) groups is 1. The predicted molar refractivity (Wildman–Crippen MR) is 77.3 cm³/mol. The molecule has 1 amide bonds. The monoisotopic (exact) mass is 309 g/mol. The molecule has 3 fully saturated rings. The minimum absolute atomic E-state index is 0.00602. The summed E-state index contributed by atoms with van der Waals surface area (Å²) in [5, 5.41) is -0.134. The third-order valence-electron chi connectivity index (χ3n) is 4.89. The summed E-state index contributed by atoms with van der Waals surface area (Å²) in [6.07, 6.45) is 5.93. The molecule has 21 heavy (non-hydrogen) atoms. The van der Waals surface area contributed by atoms with E-state index in [0.717, 1.165) is 19.3 Å². The zero-order valence-electron chi connectivity index (χ0n) is 11.8. The number of hydrogen-bond donors (Lipinski definition) is 1. The molecule has 1 aliphatic carbocycles. The Kier molecular flexibility index (Phi) is 2.75. The molecule has 114 valence electrons. The quantitative estimate of drug-likeness (QED) is 0.891. The van der Waals surface area contributed by atoms with Gasteiger partial charge in [-0.3, -0.25) is 4.79 Å². The topological polar surface area (TPSA) is 73.5 Å². The van der Waals surface area contributed by atoms with Gasteiger partial charge in [0, 0.05) is 44.0 Å². The Morgan fingerprint density at radius 2 is 2.05 bits per heavy atom. The van der Waals surface area contributed by atoms with Crippen LogP contribution in [0.2, 0.25) is 0 Å². The van der Waals surface area contributed by atoms with Crippen LogP contribution in [0.3, 0.4) is 0 Å². The molecule has 0 radical (unpaired) electrons. The van der Waals surface area contributed by atoms with Crippen molar-refractivity contribution < 1.29 is 13.2 Å². The first-order chi connectivity index (χ1) is 10.0. The maximum absolute atomic E-state index is 12.3. The second kappa shape index (κ2) is 4.33. The van der Waals surface area contributed by atoms with Gasteiger partial charge >= 0.3 is 0 Å². The Bertz CT molecular complexity index is 658. The van der Waals surface area contributed by atoms with Crippen LogP contribution in [0.15, 0.2) is 18.5 Å². The lowest BCUT2D eigenvalue weighted by molar-refractivity contribution is 0.0136. The number of aromatic nitrogens is 1. The standard InChI is InChI=1S/C14H19N3O3S/c18-13(11-3-5-15-7-11)16-8-14(9-16)4-6-17(10-14)21(19,20)12-1-2-12/h3,5,7,12,15H,1-2,4,6,8-10H2. The summed E-state index contributed by atoms with van der Waals surface area (Å²) in [7, 11) is -3.07. The van der Waals surface area contributed by atoms with Crippen molar-refractivity contribution in [1.82, 2.24) is 14.2 Å². The van der Waals surface area contributed by atoms with Gasteiger partial charge < -0.3 is 9.88 Å². The first-order valence-corrected chi connectivity index (χ1v) is 8.92. The van der Waals surface area contributed by atoms with Crippen molar-refractivity contribution in [2.75, 3.05) is 26.2 Å². The van der Waals surface area contributed by atoms with Crippen LogP contribution in [0, 0.1) is 5.41 Å². The van der Waals surface area contributed by atoms with E-state index in [1.807, 2.05) is 4.90 Å². The van der Waals surface area contributed by atoms with Gasteiger partial charge in [-0.25, -0.2) is 12.7 Å². The van der Waals surface area contributed by atoms with Gasteiger partial charge in [0.25, 0.3) is 5.91 Å². The van der Waals surface area contributed by atoms with E-state index >= 15 is 0 Å². The second-order valence-corrected chi connectivity index (χ2v) is 8.80. The van der Waals surface area contributed by atoms with Crippen LogP contribution in [0.25, 0.3) is 0 Å². The lowest BCUT2D eigenvalue weighted by atomic mass is 9.79. The van der Waals surface area contributed by atoms with Crippen molar-refractivity contribution in [1.29, 1.82) is 0 Å². The molecule has 0 unspecified atom stereocenters. The number of nitrogens with one attached hydrogen (secondary N) is 1. The first kappa shape index (κ1) is 13.3. The lowest BCUT2D eigenvalue weighted by Gasteiger charge is -2.47. The van der Waals surface area contributed by atoms with E-state index in [0.29, 0.717) is 31.7 Å². The highest BCUT2D eigenvalue weighted by Crippen LogP contribution is 2.43. The third kappa shape index (κ3) is 2.10. The molecule has 3 heterocycles. The SMILES string of the molecule is O=C(c1cc[nH]c1)N1CC2(CCN(S(=O)(=O)C3CC3)C2)C1. The second-order valence-electron chi connectivity index (χ2n) is 6.59. The van der Waals surface area contributed by atoms with Crippen LogP contribution in [0.1, 0.15) is 29.6 Å². The Labute approximate surface area is 124 Å². The van der Waals surface area contributed by atoms with Gasteiger partial charge in [0.2, 0.25) is 10.0 Å². The molecule has 2 saturated heterocycles. The number of amides is 1.